The van der Waals surface area contributed by atoms with Gasteiger partial charge in [-0.05, 0) is 48.7 Å². The smallest absolute Gasteiger partial charge is 0.00672 e. The highest BCUT2D eigenvalue weighted by Gasteiger charge is 1.96. The summed E-state index contributed by atoms with van der Waals surface area (Å²) in [4.78, 5) is 0. The molecule has 0 bridgehead atoms. The molecule has 0 aromatic rings. The number of hydrogen-bond donors (Lipinski definition) is 0. The summed E-state index contributed by atoms with van der Waals surface area (Å²) in [5.74, 6) is 5.61. The minimum atomic E-state index is 1.40. The molecule has 1 aliphatic rings. The molecule has 60 valence electrons. The Labute approximate surface area is 72.5 Å². The van der Waals surface area contributed by atoms with E-state index in [4.69, 9.17) is 0 Å². The van der Waals surface area contributed by atoms with Crippen molar-refractivity contribution in [1.82, 2.24) is 0 Å². The molecular weight excluding hydrogens is 160 g/mol. The van der Waals surface area contributed by atoms with E-state index >= 15 is 0 Å². The Morgan fingerprint density at radius 3 is 1.10 bits per heavy atom. The van der Waals surface area contributed by atoms with Crippen LogP contribution in [0.1, 0.15) is 25.7 Å². The highest BCUT2D eigenvalue weighted by atomic mass is 32.2. The molecule has 1 heterocycles. The molecule has 0 atom stereocenters. The lowest BCUT2D eigenvalue weighted by Gasteiger charge is -2.05. The molecule has 0 saturated carbocycles. The zero-order valence-corrected chi connectivity index (χ0v) is 8.11. The van der Waals surface area contributed by atoms with Crippen molar-refractivity contribution >= 4 is 23.5 Å². The topological polar surface area (TPSA) is 0 Å². The Hall–Kier alpha value is 0.700. The molecule has 0 N–H and O–H groups in total. The lowest BCUT2D eigenvalue weighted by atomic mass is 10.4. The Balaban J connectivity index is 2.00. The molecule has 1 saturated heterocycles. The van der Waals surface area contributed by atoms with Gasteiger partial charge < -0.3 is 0 Å². The minimum Gasteiger partial charge on any atom is -0.162 e. The first-order valence-electron chi connectivity index (χ1n) is 4.15. The number of hydrogen-bond acceptors (Lipinski definition) is 2. The van der Waals surface area contributed by atoms with E-state index in [0.29, 0.717) is 0 Å². The molecule has 0 nitrogen and oxygen atoms in total. The molecule has 1 aliphatic heterocycles. The first-order chi connectivity index (χ1) is 5.00. The second-order valence-corrected chi connectivity index (χ2v) is 5.09. The maximum Gasteiger partial charge on any atom is -0.00672 e. The highest BCUT2D eigenvalue weighted by Crippen LogP contribution is 2.15. The van der Waals surface area contributed by atoms with Crippen molar-refractivity contribution in [1.29, 1.82) is 0 Å². The molecule has 2 heteroatoms. The SMILES string of the molecule is C1CCSCCCCSC1. The van der Waals surface area contributed by atoms with Crippen LogP contribution in [0.4, 0.5) is 0 Å². The summed E-state index contributed by atoms with van der Waals surface area (Å²) in [7, 11) is 0. The summed E-state index contributed by atoms with van der Waals surface area (Å²) in [5.41, 5.74) is 0. The van der Waals surface area contributed by atoms with E-state index in [1.807, 2.05) is 0 Å². The lowest BCUT2D eigenvalue weighted by molar-refractivity contribution is 0.872. The predicted molar refractivity (Wildman–Crippen MR) is 53.1 cm³/mol. The Kier molecular flexibility index (Phi) is 5.64. The van der Waals surface area contributed by atoms with Gasteiger partial charge in [0.25, 0.3) is 0 Å². The third-order valence-corrected chi connectivity index (χ3v) is 3.96. The Bertz CT molecular complexity index is 40.4. The van der Waals surface area contributed by atoms with Crippen LogP contribution in [0, 0.1) is 0 Å². The van der Waals surface area contributed by atoms with Crippen LogP contribution >= 0.6 is 23.5 Å². The second-order valence-electron chi connectivity index (χ2n) is 2.64. The first-order valence-corrected chi connectivity index (χ1v) is 6.46. The van der Waals surface area contributed by atoms with E-state index in [-0.39, 0.29) is 0 Å². The third kappa shape index (κ3) is 4.51. The second kappa shape index (κ2) is 6.41. The van der Waals surface area contributed by atoms with Gasteiger partial charge in [-0.25, -0.2) is 0 Å². The van der Waals surface area contributed by atoms with E-state index in [1.54, 1.807) is 0 Å². The molecule has 10 heavy (non-hydrogen) atoms. The molecule has 0 aromatic carbocycles. The third-order valence-electron chi connectivity index (χ3n) is 1.65. The van der Waals surface area contributed by atoms with E-state index in [1.165, 1.54) is 48.7 Å². The maximum atomic E-state index is 2.14. The van der Waals surface area contributed by atoms with Gasteiger partial charge in [-0.3, -0.25) is 0 Å². The van der Waals surface area contributed by atoms with E-state index < -0.39 is 0 Å². The van der Waals surface area contributed by atoms with Gasteiger partial charge in [0, 0.05) is 0 Å². The van der Waals surface area contributed by atoms with Crippen LogP contribution in [0.15, 0.2) is 0 Å². The van der Waals surface area contributed by atoms with Crippen LogP contribution in [0.3, 0.4) is 0 Å². The lowest BCUT2D eigenvalue weighted by Crippen LogP contribution is -1.92. The van der Waals surface area contributed by atoms with Crippen LogP contribution in [0.5, 0.6) is 0 Å². The quantitative estimate of drug-likeness (QED) is 0.556. The standard InChI is InChI=1S/C8H16S2/c1-2-6-10-8-4-3-7-9-5-1/h1-8H2. The van der Waals surface area contributed by atoms with Crippen molar-refractivity contribution in [3.63, 3.8) is 0 Å². The van der Waals surface area contributed by atoms with Crippen molar-refractivity contribution in [3.8, 4) is 0 Å². The zero-order valence-electron chi connectivity index (χ0n) is 6.47. The van der Waals surface area contributed by atoms with Gasteiger partial charge >= 0.3 is 0 Å². The fourth-order valence-electron chi connectivity index (χ4n) is 1.02. The molecule has 0 aliphatic carbocycles. The molecule has 0 spiro atoms. The van der Waals surface area contributed by atoms with Crippen LogP contribution in [0.25, 0.3) is 0 Å². The normalized spacial score (nSPS) is 24.0. The average molecular weight is 176 g/mol. The van der Waals surface area contributed by atoms with Gasteiger partial charge in [-0.2, -0.15) is 23.5 Å². The van der Waals surface area contributed by atoms with Crippen molar-refractivity contribution in [3.05, 3.63) is 0 Å². The highest BCUT2D eigenvalue weighted by molar-refractivity contribution is 7.99. The maximum absolute atomic E-state index is 2.14. The summed E-state index contributed by atoms with van der Waals surface area (Å²) >= 11 is 4.28. The van der Waals surface area contributed by atoms with E-state index in [9.17, 15) is 0 Å². The van der Waals surface area contributed by atoms with Gasteiger partial charge in [0.1, 0.15) is 0 Å². The molecule has 0 amide bonds. The number of thioether (sulfide) groups is 2. The zero-order chi connectivity index (χ0) is 7.07. The molecule has 0 radical (unpaired) electrons. The Morgan fingerprint density at radius 2 is 0.800 bits per heavy atom. The molecule has 0 unspecified atom stereocenters. The van der Waals surface area contributed by atoms with E-state index in [0.717, 1.165) is 0 Å². The predicted octanol–water partition coefficient (Wildman–Crippen LogP) is 3.03. The average Bonchev–Trinajstić information content (AvgIpc) is 2.01. The van der Waals surface area contributed by atoms with Crippen molar-refractivity contribution in [2.24, 2.45) is 0 Å². The van der Waals surface area contributed by atoms with Crippen molar-refractivity contribution in [2.45, 2.75) is 25.7 Å². The van der Waals surface area contributed by atoms with Crippen molar-refractivity contribution < 1.29 is 0 Å². The van der Waals surface area contributed by atoms with Crippen LogP contribution < -0.4 is 0 Å². The fourth-order valence-corrected chi connectivity index (χ4v) is 3.06. The summed E-state index contributed by atoms with van der Waals surface area (Å²) in [6, 6.07) is 0. The summed E-state index contributed by atoms with van der Waals surface area (Å²) < 4.78 is 0. The molecule has 1 fully saturated rings. The monoisotopic (exact) mass is 176 g/mol. The summed E-state index contributed by atoms with van der Waals surface area (Å²) in [6.07, 6.45) is 5.77. The van der Waals surface area contributed by atoms with Crippen molar-refractivity contribution in [2.75, 3.05) is 23.0 Å². The van der Waals surface area contributed by atoms with Gasteiger partial charge in [0.2, 0.25) is 0 Å². The first kappa shape index (κ1) is 8.79. The minimum absolute atomic E-state index is 1.40. The van der Waals surface area contributed by atoms with Crippen LogP contribution in [-0.4, -0.2) is 23.0 Å². The Morgan fingerprint density at radius 1 is 0.500 bits per heavy atom. The molecule has 0 aromatic heterocycles. The van der Waals surface area contributed by atoms with Gasteiger partial charge in [-0.1, -0.05) is 0 Å². The van der Waals surface area contributed by atoms with Gasteiger partial charge in [-0.15, -0.1) is 0 Å². The van der Waals surface area contributed by atoms with Gasteiger partial charge in [0.05, 0.1) is 0 Å². The van der Waals surface area contributed by atoms with Gasteiger partial charge in [0.15, 0.2) is 0 Å². The van der Waals surface area contributed by atoms with Crippen LogP contribution in [-0.2, 0) is 0 Å². The number of rotatable bonds is 0. The summed E-state index contributed by atoms with van der Waals surface area (Å²) in [5, 5.41) is 0. The fraction of sp³-hybridized carbons (Fsp3) is 1.00. The molecular formula is C8H16S2. The van der Waals surface area contributed by atoms with E-state index in [2.05, 4.69) is 23.5 Å². The largest absolute Gasteiger partial charge is 0.162 e. The summed E-state index contributed by atoms with van der Waals surface area (Å²) in [6.45, 7) is 0. The van der Waals surface area contributed by atoms with Crippen LogP contribution in [0.2, 0.25) is 0 Å². The molecule has 1 rings (SSSR count).